The molecule has 0 aliphatic rings. The van der Waals surface area contributed by atoms with Gasteiger partial charge in [-0.05, 0) is 38.1 Å². The number of ether oxygens (including phenoxy) is 1. The molecule has 0 unspecified atom stereocenters. The van der Waals surface area contributed by atoms with E-state index < -0.39 is 0 Å². The first-order valence-corrected chi connectivity index (χ1v) is 8.93. The first-order chi connectivity index (χ1) is 11.7. The van der Waals surface area contributed by atoms with Gasteiger partial charge in [0.25, 0.3) is 0 Å². The minimum Gasteiger partial charge on any atom is -0.493 e. The van der Waals surface area contributed by atoms with Crippen molar-refractivity contribution in [3.63, 3.8) is 0 Å². The van der Waals surface area contributed by atoms with Crippen molar-refractivity contribution in [3.8, 4) is 5.75 Å². The second kappa shape index (κ2) is 7.53. The van der Waals surface area contributed by atoms with Crippen molar-refractivity contribution in [2.45, 2.75) is 25.0 Å². The molecule has 0 aliphatic heterocycles. The van der Waals surface area contributed by atoms with Gasteiger partial charge in [-0.15, -0.1) is 0 Å². The fourth-order valence-electron chi connectivity index (χ4n) is 2.49. The normalized spacial score (nSPS) is 12.2. The number of nitrogens with zero attached hydrogens (tertiary/aromatic N) is 2. The van der Waals surface area contributed by atoms with Crippen LogP contribution < -0.4 is 4.74 Å². The Balaban J connectivity index is 1.74. The van der Waals surface area contributed by atoms with Gasteiger partial charge < -0.3 is 9.30 Å². The van der Waals surface area contributed by atoms with Crippen molar-refractivity contribution in [2.75, 3.05) is 12.4 Å². The molecule has 0 bridgehead atoms. The molecule has 0 fully saturated rings. The molecule has 0 aliphatic carbocycles. The van der Waals surface area contributed by atoms with E-state index in [9.17, 15) is 4.79 Å². The number of fused-ring (bicyclic) bond motifs is 1. The lowest BCUT2D eigenvalue weighted by atomic mass is 10.2. The smallest absolute Gasteiger partial charge is 0.169 e. The van der Waals surface area contributed by atoms with E-state index in [4.69, 9.17) is 4.74 Å². The summed E-state index contributed by atoms with van der Waals surface area (Å²) in [5.74, 6) is 1.76. The van der Waals surface area contributed by atoms with Gasteiger partial charge in [0.15, 0.2) is 10.9 Å². The molecule has 0 saturated heterocycles. The van der Waals surface area contributed by atoms with Crippen LogP contribution in [0.5, 0.6) is 5.75 Å². The van der Waals surface area contributed by atoms with Crippen LogP contribution in [-0.4, -0.2) is 27.7 Å². The number of thioether (sulfide) groups is 1. The van der Waals surface area contributed by atoms with Crippen LogP contribution in [0.3, 0.4) is 0 Å². The lowest BCUT2D eigenvalue weighted by molar-refractivity contribution is -0.119. The molecule has 0 amide bonds. The summed E-state index contributed by atoms with van der Waals surface area (Å²) in [6.07, 6.45) is 0. The molecule has 0 N–H and O–H groups in total. The summed E-state index contributed by atoms with van der Waals surface area (Å²) >= 11 is 1.61. The molecule has 1 heterocycles. The standard InChI is InChI=1S/C19H20N2O2S/c1-14(15(2)22)21-18-11-7-6-10-17(18)20-19(21)24-13-12-23-16-8-4-3-5-9-16/h3-11,14H,12-13H2,1-2H3/t14-/m1/s1. The largest absolute Gasteiger partial charge is 0.493 e. The molecule has 0 saturated carbocycles. The summed E-state index contributed by atoms with van der Waals surface area (Å²) in [6, 6.07) is 17.5. The lowest BCUT2D eigenvalue weighted by Crippen LogP contribution is -2.14. The second-order valence-corrected chi connectivity index (χ2v) is 6.61. The highest BCUT2D eigenvalue weighted by Gasteiger charge is 2.18. The molecule has 3 rings (SSSR count). The number of imidazole rings is 1. The van der Waals surface area contributed by atoms with Crippen molar-refractivity contribution < 1.29 is 9.53 Å². The molecule has 1 atom stereocenters. The molecule has 0 radical (unpaired) electrons. The van der Waals surface area contributed by atoms with Gasteiger partial charge >= 0.3 is 0 Å². The number of benzene rings is 2. The lowest BCUT2D eigenvalue weighted by Gasteiger charge is -2.14. The molecule has 124 valence electrons. The summed E-state index contributed by atoms with van der Waals surface area (Å²) in [5, 5.41) is 0.857. The Morgan fingerprint density at radius 3 is 2.62 bits per heavy atom. The Morgan fingerprint density at radius 2 is 1.88 bits per heavy atom. The molecule has 24 heavy (non-hydrogen) atoms. The molecule has 1 aromatic heterocycles. The van der Waals surface area contributed by atoms with Crippen LogP contribution in [0.4, 0.5) is 0 Å². The van der Waals surface area contributed by atoms with Crippen LogP contribution in [0.2, 0.25) is 0 Å². The average molecular weight is 340 g/mol. The summed E-state index contributed by atoms with van der Waals surface area (Å²) in [5.41, 5.74) is 1.91. The first-order valence-electron chi connectivity index (χ1n) is 7.95. The van der Waals surface area contributed by atoms with Gasteiger partial charge in [-0.2, -0.15) is 0 Å². The van der Waals surface area contributed by atoms with Crippen molar-refractivity contribution in [1.82, 2.24) is 9.55 Å². The topological polar surface area (TPSA) is 44.1 Å². The first kappa shape index (κ1) is 16.6. The maximum atomic E-state index is 11.9. The van der Waals surface area contributed by atoms with Gasteiger partial charge in [0.05, 0.1) is 23.7 Å². The van der Waals surface area contributed by atoms with Crippen molar-refractivity contribution in [3.05, 3.63) is 54.6 Å². The van der Waals surface area contributed by atoms with Crippen LogP contribution in [0, 0.1) is 0 Å². The molecular weight excluding hydrogens is 320 g/mol. The second-order valence-electron chi connectivity index (χ2n) is 5.55. The van der Waals surface area contributed by atoms with Crippen LogP contribution in [0.25, 0.3) is 11.0 Å². The highest BCUT2D eigenvalue weighted by Crippen LogP contribution is 2.28. The molecule has 2 aromatic carbocycles. The number of ketones is 1. The van der Waals surface area contributed by atoms with E-state index in [1.807, 2.05) is 66.1 Å². The zero-order chi connectivity index (χ0) is 16.9. The number of aromatic nitrogens is 2. The third kappa shape index (κ3) is 3.62. The summed E-state index contributed by atoms with van der Waals surface area (Å²) in [6.45, 7) is 4.12. The molecule has 4 nitrogen and oxygen atoms in total. The van der Waals surface area contributed by atoms with Crippen LogP contribution in [-0.2, 0) is 4.79 Å². The fourth-order valence-corrected chi connectivity index (χ4v) is 3.40. The van der Waals surface area contributed by atoms with Crippen LogP contribution >= 0.6 is 11.8 Å². The van der Waals surface area contributed by atoms with Gasteiger partial charge in [-0.3, -0.25) is 4.79 Å². The van der Waals surface area contributed by atoms with Crippen LogP contribution in [0.1, 0.15) is 19.9 Å². The Morgan fingerprint density at radius 1 is 1.17 bits per heavy atom. The zero-order valence-electron chi connectivity index (χ0n) is 13.8. The highest BCUT2D eigenvalue weighted by molar-refractivity contribution is 7.99. The molecule has 0 spiro atoms. The Labute approximate surface area is 145 Å². The van der Waals surface area contributed by atoms with Crippen LogP contribution in [0.15, 0.2) is 59.8 Å². The highest BCUT2D eigenvalue weighted by atomic mass is 32.2. The number of para-hydroxylation sites is 3. The number of carbonyl (C=O) groups is 1. The Hall–Kier alpha value is -2.27. The minimum absolute atomic E-state index is 0.125. The number of rotatable bonds is 7. The van der Waals surface area contributed by atoms with Crippen molar-refractivity contribution in [1.29, 1.82) is 0 Å². The predicted octanol–water partition coefficient (Wildman–Crippen LogP) is 4.36. The fraction of sp³-hybridized carbons (Fsp3) is 0.263. The molecule has 3 aromatic rings. The SMILES string of the molecule is CC(=O)[C@@H](C)n1c(SCCOc2ccccc2)nc2ccccc21. The predicted molar refractivity (Wildman–Crippen MR) is 97.8 cm³/mol. The van der Waals surface area contributed by atoms with E-state index in [2.05, 4.69) is 4.98 Å². The minimum atomic E-state index is -0.227. The summed E-state index contributed by atoms with van der Waals surface area (Å²) in [7, 11) is 0. The maximum absolute atomic E-state index is 11.9. The van der Waals surface area contributed by atoms with Crippen molar-refractivity contribution >= 4 is 28.6 Å². The van der Waals surface area contributed by atoms with Gasteiger partial charge in [0.1, 0.15) is 5.75 Å². The number of hydrogen-bond acceptors (Lipinski definition) is 4. The van der Waals surface area contributed by atoms with E-state index in [-0.39, 0.29) is 11.8 Å². The monoisotopic (exact) mass is 340 g/mol. The van der Waals surface area contributed by atoms with E-state index in [1.165, 1.54) is 0 Å². The van der Waals surface area contributed by atoms with Gasteiger partial charge in [0.2, 0.25) is 0 Å². The van der Waals surface area contributed by atoms with Gasteiger partial charge in [-0.25, -0.2) is 4.98 Å². The summed E-state index contributed by atoms with van der Waals surface area (Å²) in [4.78, 5) is 16.5. The number of carbonyl (C=O) groups excluding carboxylic acids is 1. The zero-order valence-corrected chi connectivity index (χ0v) is 14.6. The van der Waals surface area contributed by atoms with E-state index in [0.29, 0.717) is 6.61 Å². The number of hydrogen-bond donors (Lipinski definition) is 0. The maximum Gasteiger partial charge on any atom is 0.169 e. The quantitative estimate of drug-likeness (QED) is 0.473. The summed E-state index contributed by atoms with van der Waals surface area (Å²) < 4.78 is 7.74. The van der Waals surface area contributed by atoms with Gasteiger partial charge in [0, 0.05) is 5.75 Å². The molecule has 5 heteroatoms. The van der Waals surface area contributed by atoms with Gasteiger partial charge in [-0.1, -0.05) is 42.1 Å². The Kier molecular flexibility index (Phi) is 5.20. The van der Waals surface area contributed by atoms with E-state index >= 15 is 0 Å². The third-order valence-electron chi connectivity index (χ3n) is 3.87. The average Bonchev–Trinajstić information content (AvgIpc) is 2.97. The van der Waals surface area contributed by atoms with E-state index in [0.717, 1.165) is 27.7 Å². The number of Topliss-reactive ketones (excluding diaryl/α,β-unsaturated/α-hetero) is 1. The van der Waals surface area contributed by atoms with E-state index in [1.54, 1.807) is 18.7 Å². The molecular formula is C19H20N2O2S. The van der Waals surface area contributed by atoms with Crippen molar-refractivity contribution in [2.24, 2.45) is 0 Å². The third-order valence-corrected chi connectivity index (χ3v) is 4.78. The Bertz CT molecular complexity index is 830.